The minimum Gasteiger partial charge on any atom is -0.465 e. The zero-order valence-corrected chi connectivity index (χ0v) is 14.3. The topological polar surface area (TPSA) is 118 Å². The number of esters is 1. The first-order chi connectivity index (χ1) is 11.8. The molecule has 3 rings (SSSR count). The van der Waals surface area contributed by atoms with Gasteiger partial charge in [0, 0.05) is 6.07 Å². The third-order valence-electron chi connectivity index (χ3n) is 3.33. The molecule has 0 unspecified atom stereocenters. The average molecular weight is 383 g/mol. The molecule has 0 fully saturated rings. The van der Waals surface area contributed by atoms with Crippen LogP contribution in [-0.2, 0) is 14.8 Å². The number of oxazole rings is 1. The zero-order chi connectivity index (χ0) is 18.2. The fraction of sp³-hybridized carbons (Fsp3) is 0.0667. The maximum Gasteiger partial charge on any atom is 0.417 e. The molecule has 10 heteroatoms. The van der Waals surface area contributed by atoms with Crippen LogP contribution in [0.4, 0.5) is 5.69 Å². The Balaban J connectivity index is 2.00. The van der Waals surface area contributed by atoms with E-state index in [-0.39, 0.29) is 26.8 Å². The van der Waals surface area contributed by atoms with Crippen LogP contribution >= 0.6 is 11.6 Å². The standard InChI is InChI=1S/C15H11ClN2O6S/c1-23-14(19)8-2-4-10(16)12(6-8)18-25(21,22)9-3-5-11-13(7-9)24-15(20)17-11/h2-7,18H,1H3,(H,17,20). The van der Waals surface area contributed by atoms with Gasteiger partial charge < -0.3 is 9.15 Å². The molecule has 2 N–H and O–H groups in total. The number of fused-ring (bicyclic) bond motifs is 1. The molecule has 3 aromatic rings. The van der Waals surface area contributed by atoms with Crippen LogP contribution in [0.3, 0.4) is 0 Å². The minimum absolute atomic E-state index is 0.0141. The van der Waals surface area contributed by atoms with E-state index >= 15 is 0 Å². The maximum absolute atomic E-state index is 12.5. The number of hydrogen-bond acceptors (Lipinski definition) is 6. The van der Waals surface area contributed by atoms with Crippen molar-refractivity contribution in [2.45, 2.75) is 4.90 Å². The molecule has 0 saturated carbocycles. The number of carbonyl (C=O) groups excluding carboxylic acids is 1. The van der Waals surface area contributed by atoms with Crippen molar-refractivity contribution in [2.24, 2.45) is 0 Å². The molecule has 0 atom stereocenters. The van der Waals surface area contributed by atoms with Crippen molar-refractivity contribution in [3.8, 4) is 0 Å². The highest BCUT2D eigenvalue weighted by atomic mass is 35.5. The number of aromatic amines is 1. The molecule has 1 heterocycles. The van der Waals surface area contributed by atoms with Gasteiger partial charge in [0.25, 0.3) is 10.0 Å². The van der Waals surface area contributed by atoms with Gasteiger partial charge in [-0.2, -0.15) is 0 Å². The Morgan fingerprint density at radius 1 is 1.24 bits per heavy atom. The number of sulfonamides is 1. The lowest BCUT2D eigenvalue weighted by atomic mass is 10.2. The second-order valence-electron chi connectivity index (χ2n) is 4.96. The zero-order valence-electron chi connectivity index (χ0n) is 12.7. The average Bonchev–Trinajstić information content (AvgIpc) is 2.95. The smallest absolute Gasteiger partial charge is 0.417 e. The molecular formula is C15H11ClN2O6S. The Bertz CT molecular complexity index is 1130. The highest BCUT2D eigenvalue weighted by Crippen LogP contribution is 2.27. The molecule has 0 aliphatic carbocycles. The lowest BCUT2D eigenvalue weighted by molar-refractivity contribution is 0.0601. The Hall–Kier alpha value is -2.78. The molecule has 1 aromatic heterocycles. The van der Waals surface area contributed by atoms with Crippen LogP contribution in [0.2, 0.25) is 5.02 Å². The molecule has 0 amide bonds. The van der Waals surface area contributed by atoms with E-state index in [1.807, 2.05) is 0 Å². The third kappa shape index (κ3) is 3.37. The maximum atomic E-state index is 12.5. The normalized spacial score (nSPS) is 11.4. The molecule has 0 aliphatic rings. The number of benzene rings is 2. The van der Waals surface area contributed by atoms with Crippen LogP contribution in [0.25, 0.3) is 11.1 Å². The van der Waals surface area contributed by atoms with E-state index in [0.717, 1.165) is 0 Å². The number of hydrogen-bond donors (Lipinski definition) is 2. The fourth-order valence-corrected chi connectivity index (χ4v) is 3.45. The molecule has 0 bridgehead atoms. The monoisotopic (exact) mass is 382 g/mol. The summed E-state index contributed by atoms with van der Waals surface area (Å²) in [5.74, 6) is -1.32. The van der Waals surface area contributed by atoms with E-state index in [4.69, 9.17) is 16.0 Å². The van der Waals surface area contributed by atoms with E-state index in [1.54, 1.807) is 0 Å². The van der Waals surface area contributed by atoms with E-state index in [0.29, 0.717) is 5.52 Å². The summed E-state index contributed by atoms with van der Waals surface area (Å²) in [7, 11) is -2.82. The van der Waals surface area contributed by atoms with Crippen LogP contribution in [0.5, 0.6) is 0 Å². The summed E-state index contributed by atoms with van der Waals surface area (Å²) >= 11 is 5.99. The van der Waals surface area contributed by atoms with Gasteiger partial charge in [0.05, 0.1) is 33.8 Å². The van der Waals surface area contributed by atoms with Crippen molar-refractivity contribution >= 4 is 44.4 Å². The van der Waals surface area contributed by atoms with E-state index in [1.165, 1.54) is 43.5 Å². The minimum atomic E-state index is -4.03. The molecule has 0 saturated heterocycles. The number of H-pyrrole nitrogens is 1. The van der Waals surface area contributed by atoms with E-state index in [9.17, 15) is 18.0 Å². The first kappa shape index (κ1) is 17.1. The number of rotatable bonds is 4. The lowest BCUT2D eigenvalue weighted by Crippen LogP contribution is -2.14. The summed E-state index contributed by atoms with van der Waals surface area (Å²) in [6, 6.07) is 7.95. The number of aromatic nitrogens is 1. The first-order valence-electron chi connectivity index (χ1n) is 6.84. The number of carbonyl (C=O) groups is 1. The van der Waals surface area contributed by atoms with Gasteiger partial charge >= 0.3 is 11.7 Å². The fourth-order valence-electron chi connectivity index (χ4n) is 2.14. The Labute approximate surface area is 146 Å². The van der Waals surface area contributed by atoms with Gasteiger partial charge in [-0.05, 0) is 30.3 Å². The molecule has 8 nitrogen and oxygen atoms in total. The van der Waals surface area contributed by atoms with Crippen LogP contribution in [-0.4, -0.2) is 26.5 Å². The first-order valence-corrected chi connectivity index (χ1v) is 8.70. The van der Waals surface area contributed by atoms with Gasteiger partial charge in [-0.25, -0.2) is 18.0 Å². The van der Waals surface area contributed by atoms with Crippen molar-refractivity contribution in [3.05, 3.63) is 57.5 Å². The molecule has 0 radical (unpaired) electrons. The summed E-state index contributed by atoms with van der Waals surface area (Å²) in [6.45, 7) is 0. The summed E-state index contributed by atoms with van der Waals surface area (Å²) in [5.41, 5.74) is 0.619. The largest absolute Gasteiger partial charge is 0.465 e. The number of ether oxygens (including phenoxy) is 1. The number of methoxy groups -OCH3 is 1. The number of anilines is 1. The second-order valence-corrected chi connectivity index (χ2v) is 7.05. The van der Waals surface area contributed by atoms with Crippen molar-refractivity contribution < 1.29 is 22.4 Å². The number of halogens is 1. The van der Waals surface area contributed by atoms with Gasteiger partial charge in [0.1, 0.15) is 0 Å². The van der Waals surface area contributed by atoms with E-state index < -0.39 is 21.7 Å². The van der Waals surface area contributed by atoms with Crippen molar-refractivity contribution in [1.82, 2.24) is 4.98 Å². The Morgan fingerprint density at radius 2 is 2.00 bits per heavy atom. The summed E-state index contributed by atoms with van der Waals surface area (Å²) in [4.78, 5) is 25.0. The molecule has 0 aliphatic heterocycles. The quantitative estimate of drug-likeness (QED) is 0.668. The van der Waals surface area contributed by atoms with Gasteiger partial charge in [-0.15, -0.1) is 0 Å². The highest BCUT2D eigenvalue weighted by molar-refractivity contribution is 7.92. The molecular weight excluding hydrogens is 372 g/mol. The van der Waals surface area contributed by atoms with Crippen molar-refractivity contribution in [1.29, 1.82) is 0 Å². The Kier molecular flexibility index (Phi) is 4.27. The van der Waals surface area contributed by atoms with Gasteiger partial charge in [-0.1, -0.05) is 11.6 Å². The van der Waals surface area contributed by atoms with Gasteiger partial charge in [0.15, 0.2) is 5.58 Å². The second kappa shape index (κ2) is 6.26. The molecule has 2 aromatic carbocycles. The summed E-state index contributed by atoms with van der Waals surface area (Å²) in [6.07, 6.45) is 0. The number of nitrogens with one attached hydrogen (secondary N) is 2. The molecule has 130 valence electrons. The van der Waals surface area contributed by atoms with Crippen LogP contribution in [0.1, 0.15) is 10.4 Å². The predicted octanol–water partition coefficient (Wildman–Crippen LogP) is 2.36. The predicted molar refractivity (Wildman–Crippen MR) is 90.4 cm³/mol. The molecule has 25 heavy (non-hydrogen) atoms. The van der Waals surface area contributed by atoms with Crippen molar-refractivity contribution in [2.75, 3.05) is 11.8 Å². The Morgan fingerprint density at radius 3 is 2.72 bits per heavy atom. The molecule has 0 spiro atoms. The van der Waals surface area contributed by atoms with Crippen LogP contribution in [0, 0.1) is 0 Å². The van der Waals surface area contributed by atoms with Crippen LogP contribution in [0.15, 0.2) is 50.5 Å². The third-order valence-corrected chi connectivity index (χ3v) is 5.03. The van der Waals surface area contributed by atoms with Gasteiger partial charge in [-0.3, -0.25) is 9.71 Å². The van der Waals surface area contributed by atoms with E-state index in [2.05, 4.69) is 14.4 Å². The SMILES string of the molecule is COC(=O)c1ccc(Cl)c(NS(=O)(=O)c2ccc3[nH]c(=O)oc3c2)c1. The van der Waals surface area contributed by atoms with Crippen molar-refractivity contribution in [3.63, 3.8) is 0 Å². The lowest BCUT2D eigenvalue weighted by Gasteiger charge is -2.11. The summed E-state index contributed by atoms with van der Waals surface area (Å²) in [5, 5.41) is 0.102. The highest BCUT2D eigenvalue weighted by Gasteiger charge is 2.19. The summed E-state index contributed by atoms with van der Waals surface area (Å²) < 4.78 is 36.8. The van der Waals surface area contributed by atoms with Gasteiger partial charge in [0.2, 0.25) is 0 Å². The van der Waals surface area contributed by atoms with Crippen LogP contribution < -0.4 is 10.5 Å².